The first-order valence-electron chi connectivity index (χ1n) is 9.42. The monoisotopic (exact) mass is 367 g/mol. The third-order valence-corrected chi connectivity index (χ3v) is 5.47. The van der Waals surface area contributed by atoms with Crippen molar-refractivity contribution in [3.8, 4) is 0 Å². The molecule has 0 spiro atoms. The van der Waals surface area contributed by atoms with Gasteiger partial charge in [0.05, 0.1) is 18.4 Å². The molecule has 1 saturated heterocycles. The highest BCUT2D eigenvalue weighted by atomic mass is 16.2. The zero-order chi connectivity index (χ0) is 18.8. The van der Waals surface area contributed by atoms with Gasteiger partial charge in [0, 0.05) is 45.8 Å². The van der Waals surface area contributed by atoms with Gasteiger partial charge in [-0.15, -0.1) is 0 Å². The van der Waals surface area contributed by atoms with E-state index in [1.165, 1.54) is 15.8 Å². The first kappa shape index (κ1) is 17.7. The highest BCUT2D eigenvalue weighted by molar-refractivity contribution is 5.78. The van der Waals surface area contributed by atoms with Crippen LogP contribution in [0.1, 0.15) is 17.5 Å². The Balaban J connectivity index is 1.23. The average Bonchev–Trinajstić information content (AvgIpc) is 3.28. The number of amides is 1. The van der Waals surface area contributed by atoms with E-state index in [9.17, 15) is 9.59 Å². The molecule has 0 aliphatic carbocycles. The van der Waals surface area contributed by atoms with Gasteiger partial charge in [0.2, 0.25) is 5.91 Å². The van der Waals surface area contributed by atoms with Crippen LogP contribution in [0.4, 0.5) is 5.69 Å². The zero-order valence-electron chi connectivity index (χ0n) is 15.6. The minimum Gasteiger partial charge on any atom is -0.370 e. The van der Waals surface area contributed by atoms with Crippen LogP contribution in [0.3, 0.4) is 0 Å². The van der Waals surface area contributed by atoms with Crippen molar-refractivity contribution in [3.63, 3.8) is 0 Å². The van der Waals surface area contributed by atoms with Gasteiger partial charge in [0.25, 0.3) is 5.56 Å². The number of carbonyl (C=O) groups excluding carboxylic acids is 1. The summed E-state index contributed by atoms with van der Waals surface area (Å²) in [5, 5.41) is 7.17. The van der Waals surface area contributed by atoms with Crippen molar-refractivity contribution in [2.75, 3.05) is 31.1 Å². The second-order valence-electron chi connectivity index (χ2n) is 7.49. The van der Waals surface area contributed by atoms with Crippen LogP contribution >= 0.6 is 0 Å². The number of anilines is 1. The van der Waals surface area contributed by atoms with Gasteiger partial charge in [-0.05, 0) is 23.5 Å². The maximum Gasteiger partial charge on any atom is 0.268 e. The molecule has 3 heterocycles. The van der Waals surface area contributed by atoms with Crippen molar-refractivity contribution >= 4 is 11.6 Å². The lowest BCUT2D eigenvalue weighted by Gasteiger charge is -2.19. The topological polar surface area (TPSA) is 70.5 Å². The molecule has 142 valence electrons. The second kappa shape index (κ2) is 7.52. The van der Waals surface area contributed by atoms with Gasteiger partial charge >= 0.3 is 0 Å². The zero-order valence-corrected chi connectivity index (χ0v) is 15.6. The van der Waals surface area contributed by atoms with Crippen LogP contribution in [-0.2, 0) is 24.9 Å². The minimum absolute atomic E-state index is 0.0801. The quantitative estimate of drug-likeness (QED) is 0.844. The lowest BCUT2D eigenvalue weighted by atomic mass is 10.1. The van der Waals surface area contributed by atoms with E-state index in [-0.39, 0.29) is 11.5 Å². The third-order valence-electron chi connectivity index (χ3n) is 5.47. The first-order valence-corrected chi connectivity index (χ1v) is 9.42. The van der Waals surface area contributed by atoms with Crippen molar-refractivity contribution in [3.05, 3.63) is 58.0 Å². The SMILES string of the molecule is Cn1ncc(N2CCC(CNC(=O)CN3Cc4ccccc4C3)C2)cc1=O. The molecular weight excluding hydrogens is 342 g/mol. The molecule has 1 amide bonds. The van der Waals surface area contributed by atoms with Crippen molar-refractivity contribution < 1.29 is 4.79 Å². The van der Waals surface area contributed by atoms with Gasteiger partial charge in [0.1, 0.15) is 0 Å². The second-order valence-corrected chi connectivity index (χ2v) is 7.49. The Kier molecular flexibility index (Phi) is 4.94. The van der Waals surface area contributed by atoms with Gasteiger partial charge in [-0.1, -0.05) is 24.3 Å². The number of hydrogen-bond donors (Lipinski definition) is 1. The molecule has 2 aliphatic rings. The van der Waals surface area contributed by atoms with E-state index in [2.05, 4.69) is 32.3 Å². The summed E-state index contributed by atoms with van der Waals surface area (Å²) in [6.07, 6.45) is 2.73. The summed E-state index contributed by atoms with van der Waals surface area (Å²) in [6, 6.07) is 9.98. The summed E-state index contributed by atoms with van der Waals surface area (Å²) in [5.41, 5.74) is 3.40. The molecule has 2 aliphatic heterocycles. The molecule has 0 bridgehead atoms. The van der Waals surface area contributed by atoms with Crippen molar-refractivity contribution in [1.82, 2.24) is 20.0 Å². The molecule has 7 nitrogen and oxygen atoms in total. The van der Waals surface area contributed by atoms with E-state index in [0.29, 0.717) is 19.0 Å². The van der Waals surface area contributed by atoms with Crippen molar-refractivity contribution in [2.45, 2.75) is 19.5 Å². The Morgan fingerprint density at radius 3 is 2.70 bits per heavy atom. The van der Waals surface area contributed by atoms with E-state index in [0.717, 1.165) is 38.3 Å². The summed E-state index contributed by atoms with van der Waals surface area (Å²) < 4.78 is 1.33. The maximum atomic E-state index is 12.3. The van der Waals surface area contributed by atoms with Crippen LogP contribution in [0, 0.1) is 5.92 Å². The Labute approximate surface area is 158 Å². The minimum atomic E-state index is -0.101. The molecule has 1 N–H and O–H groups in total. The van der Waals surface area contributed by atoms with Crippen LogP contribution in [0.2, 0.25) is 0 Å². The number of nitrogens with one attached hydrogen (secondary N) is 1. The van der Waals surface area contributed by atoms with Crippen LogP contribution in [0.15, 0.2) is 41.3 Å². The molecule has 27 heavy (non-hydrogen) atoms. The Hall–Kier alpha value is -2.67. The van der Waals surface area contributed by atoms with Crippen LogP contribution in [-0.4, -0.2) is 46.8 Å². The van der Waals surface area contributed by atoms with Gasteiger partial charge in [-0.25, -0.2) is 4.68 Å². The fraction of sp³-hybridized carbons (Fsp3) is 0.450. The molecule has 1 aromatic heterocycles. The van der Waals surface area contributed by atoms with Crippen molar-refractivity contribution in [1.29, 1.82) is 0 Å². The lowest BCUT2D eigenvalue weighted by Crippen LogP contribution is -2.37. The first-order chi connectivity index (χ1) is 13.1. The Morgan fingerprint density at radius 2 is 2.00 bits per heavy atom. The fourth-order valence-electron chi connectivity index (χ4n) is 3.90. The van der Waals surface area contributed by atoms with E-state index in [1.807, 2.05) is 12.1 Å². The number of carbonyl (C=O) groups is 1. The smallest absolute Gasteiger partial charge is 0.268 e. The number of aryl methyl sites for hydroxylation is 1. The predicted molar refractivity (Wildman–Crippen MR) is 103 cm³/mol. The number of benzene rings is 1. The van der Waals surface area contributed by atoms with Crippen molar-refractivity contribution in [2.24, 2.45) is 13.0 Å². The van der Waals surface area contributed by atoms with Crippen LogP contribution in [0.25, 0.3) is 0 Å². The van der Waals surface area contributed by atoms with E-state index < -0.39 is 0 Å². The predicted octanol–water partition coefficient (Wildman–Crippen LogP) is 0.739. The fourth-order valence-corrected chi connectivity index (χ4v) is 3.90. The van der Waals surface area contributed by atoms with E-state index in [1.54, 1.807) is 19.3 Å². The normalized spacial score (nSPS) is 19.3. The molecule has 2 aromatic rings. The highest BCUT2D eigenvalue weighted by Crippen LogP contribution is 2.23. The Bertz CT molecular complexity index is 869. The number of fused-ring (bicyclic) bond motifs is 1. The number of aromatic nitrogens is 2. The van der Waals surface area contributed by atoms with Gasteiger partial charge in [-0.3, -0.25) is 14.5 Å². The molecule has 7 heteroatoms. The summed E-state index contributed by atoms with van der Waals surface area (Å²) >= 11 is 0. The third kappa shape index (κ3) is 4.03. The summed E-state index contributed by atoms with van der Waals surface area (Å²) in [4.78, 5) is 28.4. The maximum absolute atomic E-state index is 12.3. The molecule has 1 aromatic carbocycles. The van der Waals surface area contributed by atoms with Gasteiger partial charge in [-0.2, -0.15) is 5.10 Å². The largest absolute Gasteiger partial charge is 0.370 e. The van der Waals surface area contributed by atoms with Gasteiger partial charge < -0.3 is 10.2 Å². The molecule has 4 rings (SSSR count). The number of hydrogen-bond acceptors (Lipinski definition) is 5. The van der Waals surface area contributed by atoms with Gasteiger partial charge in [0.15, 0.2) is 0 Å². The number of rotatable bonds is 5. The molecule has 1 fully saturated rings. The number of nitrogens with zero attached hydrogens (tertiary/aromatic N) is 4. The highest BCUT2D eigenvalue weighted by Gasteiger charge is 2.25. The lowest BCUT2D eigenvalue weighted by molar-refractivity contribution is -0.122. The van der Waals surface area contributed by atoms with Crippen LogP contribution in [0.5, 0.6) is 0 Å². The molecule has 0 saturated carbocycles. The molecule has 1 atom stereocenters. The summed E-state index contributed by atoms with van der Waals surface area (Å²) in [7, 11) is 1.65. The molecule has 0 radical (unpaired) electrons. The summed E-state index contributed by atoms with van der Waals surface area (Å²) in [5.74, 6) is 0.477. The summed E-state index contributed by atoms with van der Waals surface area (Å²) in [6.45, 7) is 4.52. The molecule has 1 unspecified atom stereocenters. The van der Waals surface area contributed by atoms with E-state index in [4.69, 9.17) is 0 Å². The standard InChI is InChI=1S/C20H25N5O2/c1-23-20(27)8-18(10-22-23)25-7-6-15(11-25)9-21-19(26)14-24-12-16-4-2-3-5-17(16)13-24/h2-5,8,10,15H,6-7,9,11-14H2,1H3,(H,21,26). The van der Waals surface area contributed by atoms with Crippen LogP contribution < -0.4 is 15.8 Å². The average molecular weight is 367 g/mol. The Morgan fingerprint density at radius 1 is 1.26 bits per heavy atom. The van der Waals surface area contributed by atoms with E-state index >= 15 is 0 Å². The molecular formula is C20H25N5O2.